The first kappa shape index (κ1) is 14.2. The predicted octanol–water partition coefficient (Wildman–Crippen LogP) is 1.68. The number of methoxy groups -OCH3 is 1. The summed E-state index contributed by atoms with van der Waals surface area (Å²) < 4.78 is 31.5. The third kappa shape index (κ3) is 3.63. The third-order valence-electron chi connectivity index (χ3n) is 2.20. The number of thiazole rings is 1. The average molecular weight is 320 g/mol. The minimum atomic E-state index is -3.60. The van der Waals surface area contributed by atoms with Gasteiger partial charge in [0.25, 0.3) is 10.0 Å². The first-order valence-corrected chi connectivity index (χ1v) is 7.79. The van der Waals surface area contributed by atoms with Crippen LogP contribution in [-0.2, 0) is 16.6 Å². The van der Waals surface area contributed by atoms with Gasteiger partial charge in [0.2, 0.25) is 5.88 Å². The van der Waals surface area contributed by atoms with Crippen LogP contribution in [0.1, 0.15) is 5.56 Å². The fourth-order valence-corrected chi connectivity index (χ4v) is 3.64. The molecule has 0 unspecified atom stereocenters. The lowest BCUT2D eigenvalue weighted by atomic mass is 10.3. The van der Waals surface area contributed by atoms with E-state index in [0.29, 0.717) is 5.88 Å². The van der Waals surface area contributed by atoms with Crippen molar-refractivity contribution >= 4 is 33.0 Å². The SMILES string of the molecule is COc1cc(CNS(=O)(=O)c2cnc(Cl)s2)ccn1. The molecule has 102 valence electrons. The van der Waals surface area contributed by atoms with Gasteiger partial charge in [0.05, 0.1) is 13.3 Å². The maximum Gasteiger partial charge on any atom is 0.252 e. The van der Waals surface area contributed by atoms with Crippen LogP contribution in [0.4, 0.5) is 0 Å². The van der Waals surface area contributed by atoms with Gasteiger partial charge in [0.15, 0.2) is 8.68 Å². The highest BCUT2D eigenvalue weighted by atomic mass is 35.5. The van der Waals surface area contributed by atoms with E-state index in [1.165, 1.54) is 13.3 Å². The molecule has 0 aliphatic carbocycles. The monoisotopic (exact) mass is 319 g/mol. The van der Waals surface area contributed by atoms with E-state index in [0.717, 1.165) is 16.9 Å². The molecule has 19 heavy (non-hydrogen) atoms. The summed E-state index contributed by atoms with van der Waals surface area (Å²) in [6, 6.07) is 3.35. The molecule has 0 fully saturated rings. The van der Waals surface area contributed by atoms with Gasteiger partial charge in [-0.05, 0) is 11.6 Å². The van der Waals surface area contributed by atoms with Crippen LogP contribution >= 0.6 is 22.9 Å². The fourth-order valence-electron chi connectivity index (χ4n) is 1.28. The topological polar surface area (TPSA) is 81.2 Å². The quantitative estimate of drug-likeness (QED) is 0.906. The highest BCUT2D eigenvalue weighted by molar-refractivity contribution is 7.91. The van der Waals surface area contributed by atoms with E-state index in [9.17, 15) is 8.42 Å². The second-order valence-corrected chi connectivity index (χ2v) is 7.07. The normalized spacial score (nSPS) is 11.5. The first-order valence-electron chi connectivity index (χ1n) is 5.11. The summed E-state index contributed by atoms with van der Waals surface area (Å²) in [6.07, 6.45) is 2.77. The molecular weight excluding hydrogens is 310 g/mol. The highest BCUT2D eigenvalue weighted by Gasteiger charge is 2.17. The Morgan fingerprint density at radius 1 is 1.47 bits per heavy atom. The van der Waals surface area contributed by atoms with Crippen molar-refractivity contribution in [3.63, 3.8) is 0 Å². The smallest absolute Gasteiger partial charge is 0.252 e. The second kappa shape index (κ2) is 5.83. The van der Waals surface area contributed by atoms with E-state index in [-0.39, 0.29) is 15.2 Å². The summed E-state index contributed by atoms with van der Waals surface area (Å²) >= 11 is 6.52. The summed E-state index contributed by atoms with van der Waals surface area (Å²) in [4.78, 5) is 7.64. The van der Waals surface area contributed by atoms with Gasteiger partial charge in [-0.3, -0.25) is 0 Å². The lowest BCUT2D eigenvalue weighted by Gasteiger charge is -2.05. The summed E-state index contributed by atoms with van der Waals surface area (Å²) in [6.45, 7) is 0.136. The number of hydrogen-bond acceptors (Lipinski definition) is 6. The van der Waals surface area contributed by atoms with Crippen molar-refractivity contribution in [2.75, 3.05) is 7.11 Å². The van der Waals surface area contributed by atoms with Gasteiger partial charge < -0.3 is 4.74 Å². The predicted molar refractivity (Wildman–Crippen MR) is 71.9 cm³/mol. The molecule has 2 aromatic rings. The molecule has 0 saturated carbocycles. The second-order valence-electron chi connectivity index (χ2n) is 3.46. The highest BCUT2D eigenvalue weighted by Crippen LogP contribution is 2.22. The molecule has 1 N–H and O–H groups in total. The molecule has 0 aliphatic heterocycles. The molecule has 0 amide bonds. The van der Waals surface area contributed by atoms with Gasteiger partial charge in [-0.2, -0.15) is 0 Å². The Balaban J connectivity index is 2.09. The minimum absolute atomic E-state index is 0.0820. The number of nitrogens with zero attached hydrogens (tertiary/aromatic N) is 2. The zero-order valence-electron chi connectivity index (χ0n) is 9.83. The summed E-state index contributed by atoms with van der Waals surface area (Å²) in [5.41, 5.74) is 0.742. The van der Waals surface area contributed by atoms with Crippen molar-refractivity contribution in [3.8, 4) is 5.88 Å². The Hall–Kier alpha value is -1.22. The number of nitrogens with one attached hydrogen (secondary N) is 1. The van der Waals surface area contributed by atoms with Crippen molar-refractivity contribution in [3.05, 3.63) is 34.6 Å². The lowest BCUT2D eigenvalue weighted by molar-refractivity contribution is 0.397. The largest absolute Gasteiger partial charge is 0.481 e. The van der Waals surface area contributed by atoms with E-state index in [1.807, 2.05) is 0 Å². The summed E-state index contributed by atoms with van der Waals surface area (Å²) in [7, 11) is -2.10. The van der Waals surface area contributed by atoms with Crippen LogP contribution in [-0.4, -0.2) is 25.5 Å². The lowest BCUT2D eigenvalue weighted by Crippen LogP contribution is -2.22. The Morgan fingerprint density at radius 3 is 2.89 bits per heavy atom. The number of pyridine rings is 1. The molecule has 0 spiro atoms. The first-order chi connectivity index (χ1) is 9.01. The Morgan fingerprint density at radius 2 is 2.26 bits per heavy atom. The number of aromatic nitrogens is 2. The van der Waals surface area contributed by atoms with Crippen LogP contribution in [0.5, 0.6) is 5.88 Å². The van der Waals surface area contributed by atoms with Crippen molar-refractivity contribution in [2.45, 2.75) is 10.8 Å². The van der Waals surface area contributed by atoms with Gasteiger partial charge in [0.1, 0.15) is 0 Å². The van der Waals surface area contributed by atoms with E-state index >= 15 is 0 Å². The Labute approximate surface area is 119 Å². The zero-order chi connectivity index (χ0) is 13.9. The van der Waals surface area contributed by atoms with Gasteiger partial charge >= 0.3 is 0 Å². The molecule has 0 aromatic carbocycles. The molecule has 2 rings (SSSR count). The van der Waals surface area contributed by atoms with Gasteiger partial charge in [-0.25, -0.2) is 23.1 Å². The van der Waals surface area contributed by atoms with Gasteiger partial charge in [0, 0.05) is 18.8 Å². The molecule has 2 aromatic heterocycles. The molecule has 0 bridgehead atoms. The van der Waals surface area contributed by atoms with Crippen molar-refractivity contribution in [1.82, 2.24) is 14.7 Å². The zero-order valence-corrected chi connectivity index (χ0v) is 12.2. The van der Waals surface area contributed by atoms with Crippen molar-refractivity contribution < 1.29 is 13.2 Å². The number of rotatable bonds is 5. The molecule has 0 aliphatic rings. The molecule has 0 atom stereocenters. The molecule has 0 radical (unpaired) electrons. The van der Waals surface area contributed by atoms with Gasteiger partial charge in [-0.15, -0.1) is 0 Å². The maximum absolute atomic E-state index is 11.9. The van der Waals surface area contributed by atoms with Crippen LogP contribution in [0.2, 0.25) is 4.47 Å². The number of hydrogen-bond donors (Lipinski definition) is 1. The maximum atomic E-state index is 11.9. The average Bonchev–Trinajstić information content (AvgIpc) is 2.84. The molecular formula is C10H10ClN3O3S2. The van der Waals surface area contributed by atoms with Crippen molar-refractivity contribution in [2.24, 2.45) is 0 Å². The summed E-state index contributed by atoms with van der Waals surface area (Å²) in [5, 5.41) is 0. The number of sulfonamides is 1. The van der Waals surface area contributed by atoms with Crippen molar-refractivity contribution in [1.29, 1.82) is 0 Å². The van der Waals surface area contributed by atoms with E-state index in [1.54, 1.807) is 18.3 Å². The van der Waals surface area contributed by atoms with Crippen LogP contribution in [0.3, 0.4) is 0 Å². The van der Waals surface area contributed by atoms with E-state index in [4.69, 9.17) is 16.3 Å². The number of ether oxygens (including phenoxy) is 1. The molecule has 2 heterocycles. The third-order valence-corrected chi connectivity index (χ3v) is 5.17. The van der Waals surface area contributed by atoms with Crippen LogP contribution in [0.25, 0.3) is 0 Å². The summed E-state index contributed by atoms with van der Waals surface area (Å²) in [5.74, 6) is 0.428. The molecule has 0 saturated heterocycles. The minimum Gasteiger partial charge on any atom is -0.481 e. The number of halogens is 1. The Bertz CT molecular complexity index is 672. The standard InChI is InChI=1S/C10H10ClN3O3S2/c1-17-8-4-7(2-3-12-8)5-14-19(15,16)9-6-13-10(11)18-9/h2-4,6,14H,5H2,1H3. The Kier molecular flexibility index (Phi) is 4.35. The van der Waals surface area contributed by atoms with Crippen LogP contribution in [0.15, 0.2) is 28.7 Å². The van der Waals surface area contributed by atoms with E-state index < -0.39 is 10.0 Å². The van der Waals surface area contributed by atoms with E-state index in [2.05, 4.69) is 14.7 Å². The van der Waals surface area contributed by atoms with Crippen LogP contribution in [0, 0.1) is 0 Å². The fraction of sp³-hybridized carbons (Fsp3) is 0.200. The van der Waals surface area contributed by atoms with Crippen LogP contribution < -0.4 is 9.46 Å². The molecule has 9 heteroatoms. The molecule has 6 nitrogen and oxygen atoms in total. The van der Waals surface area contributed by atoms with Gasteiger partial charge in [-0.1, -0.05) is 22.9 Å².